The minimum atomic E-state index is 0.602. The molecule has 0 spiro atoms. The van der Waals surface area contributed by atoms with E-state index < -0.39 is 0 Å². The van der Waals surface area contributed by atoms with Gasteiger partial charge in [-0.05, 0) is 39.4 Å². The fourth-order valence-electron chi connectivity index (χ4n) is 4.95. The molecule has 186 valence electrons. The Hall–Kier alpha value is -3.04. The van der Waals surface area contributed by atoms with Crippen LogP contribution in [-0.4, -0.2) is 91.4 Å². The Morgan fingerprint density at radius 1 is 0.886 bits per heavy atom. The normalized spacial score (nSPS) is 17.4. The number of benzene rings is 1. The van der Waals surface area contributed by atoms with Crippen LogP contribution in [-0.2, 0) is 11.3 Å². The molecular formula is C26H36N8O. The SMILES string of the molecule is Cc1ccc(CN(C)c2ncnc3c(N4CCOCC4)nc(N4CCC(N(C)C)CC4)nc23)cc1. The average molecular weight is 477 g/mol. The van der Waals surface area contributed by atoms with Crippen molar-refractivity contribution in [3.63, 3.8) is 0 Å². The smallest absolute Gasteiger partial charge is 0.228 e. The summed E-state index contributed by atoms with van der Waals surface area (Å²) in [5.74, 6) is 2.49. The molecule has 0 aliphatic carbocycles. The second-order valence-corrected chi connectivity index (χ2v) is 9.86. The Morgan fingerprint density at radius 3 is 2.29 bits per heavy atom. The number of fused-ring (bicyclic) bond motifs is 1. The van der Waals surface area contributed by atoms with E-state index in [4.69, 9.17) is 14.7 Å². The van der Waals surface area contributed by atoms with E-state index >= 15 is 0 Å². The molecule has 0 amide bonds. The first kappa shape index (κ1) is 23.7. The van der Waals surface area contributed by atoms with Gasteiger partial charge in [-0.2, -0.15) is 4.98 Å². The second kappa shape index (κ2) is 10.3. The van der Waals surface area contributed by atoms with Gasteiger partial charge < -0.3 is 24.3 Å². The summed E-state index contributed by atoms with van der Waals surface area (Å²) >= 11 is 0. The Labute approximate surface area is 207 Å². The maximum Gasteiger partial charge on any atom is 0.228 e. The van der Waals surface area contributed by atoms with Crippen molar-refractivity contribution < 1.29 is 4.74 Å². The van der Waals surface area contributed by atoms with E-state index in [-0.39, 0.29) is 0 Å². The number of anilines is 3. The van der Waals surface area contributed by atoms with Crippen molar-refractivity contribution in [1.82, 2.24) is 24.8 Å². The van der Waals surface area contributed by atoms with Crippen LogP contribution in [0.3, 0.4) is 0 Å². The van der Waals surface area contributed by atoms with E-state index in [2.05, 4.69) is 81.9 Å². The third kappa shape index (κ3) is 5.16. The maximum absolute atomic E-state index is 5.61. The third-order valence-electron chi connectivity index (χ3n) is 7.12. The van der Waals surface area contributed by atoms with Crippen molar-refractivity contribution in [2.24, 2.45) is 0 Å². The quantitative estimate of drug-likeness (QED) is 0.534. The largest absolute Gasteiger partial charge is 0.378 e. The zero-order valence-electron chi connectivity index (χ0n) is 21.3. The molecule has 5 rings (SSSR count). The van der Waals surface area contributed by atoms with E-state index in [9.17, 15) is 0 Å². The lowest BCUT2D eigenvalue weighted by Crippen LogP contribution is -2.43. The van der Waals surface area contributed by atoms with E-state index in [1.807, 2.05) is 0 Å². The Bertz CT molecular complexity index is 1140. The minimum absolute atomic E-state index is 0.602. The van der Waals surface area contributed by atoms with E-state index in [1.165, 1.54) is 11.1 Å². The fraction of sp³-hybridized carbons (Fsp3) is 0.538. The highest BCUT2D eigenvalue weighted by molar-refractivity contribution is 5.94. The number of piperidine rings is 1. The molecule has 9 heteroatoms. The highest BCUT2D eigenvalue weighted by atomic mass is 16.5. The van der Waals surface area contributed by atoms with Crippen molar-refractivity contribution in [3.8, 4) is 0 Å². The summed E-state index contributed by atoms with van der Waals surface area (Å²) in [6.07, 6.45) is 3.85. The first-order chi connectivity index (χ1) is 17.0. The molecule has 1 aromatic carbocycles. The number of aromatic nitrogens is 4. The average Bonchev–Trinajstić information content (AvgIpc) is 2.89. The number of hydrogen-bond donors (Lipinski definition) is 0. The van der Waals surface area contributed by atoms with Crippen LogP contribution >= 0.6 is 0 Å². The summed E-state index contributed by atoms with van der Waals surface area (Å²) in [7, 11) is 6.40. The van der Waals surface area contributed by atoms with Crippen LogP contribution in [0.4, 0.5) is 17.6 Å². The third-order valence-corrected chi connectivity index (χ3v) is 7.12. The summed E-state index contributed by atoms with van der Waals surface area (Å²) in [5.41, 5.74) is 4.11. The van der Waals surface area contributed by atoms with Crippen LogP contribution in [0.25, 0.3) is 11.0 Å². The first-order valence-electron chi connectivity index (χ1n) is 12.5. The topological polar surface area (TPSA) is 73.8 Å². The van der Waals surface area contributed by atoms with Gasteiger partial charge in [0.15, 0.2) is 11.6 Å². The van der Waals surface area contributed by atoms with Crippen molar-refractivity contribution in [2.45, 2.75) is 32.4 Å². The molecule has 2 saturated heterocycles. The molecule has 2 aliphatic heterocycles. The van der Waals surface area contributed by atoms with Gasteiger partial charge in [0.25, 0.3) is 0 Å². The number of aryl methyl sites for hydroxylation is 1. The highest BCUT2D eigenvalue weighted by Crippen LogP contribution is 2.31. The van der Waals surface area contributed by atoms with E-state index in [1.54, 1.807) is 6.33 Å². The first-order valence-corrected chi connectivity index (χ1v) is 12.5. The molecule has 0 unspecified atom stereocenters. The zero-order chi connectivity index (χ0) is 24.4. The van der Waals surface area contributed by atoms with E-state index in [0.717, 1.165) is 74.2 Å². The molecule has 0 N–H and O–H groups in total. The summed E-state index contributed by atoms with van der Waals surface area (Å²) in [4.78, 5) is 28.6. The van der Waals surface area contributed by atoms with Gasteiger partial charge in [-0.1, -0.05) is 29.8 Å². The van der Waals surface area contributed by atoms with Crippen molar-refractivity contribution in [2.75, 3.05) is 75.2 Å². The van der Waals surface area contributed by atoms with E-state index in [0.29, 0.717) is 19.3 Å². The number of morpholine rings is 1. The molecule has 0 saturated carbocycles. The molecule has 3 aromatic rings. The Balaban J connectivity index is 1.53. The molecule has 35 heavy (non-hydrogen) atoms. The maximum atomic E-state index is 5.61. The molecule has 0 radical (unpaired) electrons. The van der Waals surface area contributed by atoms with Gasteiger partial charge >= 0.3 is 0 Å². The summed E-state index contributed by atoms with van der Waals surface area (Å²) in [6, 6.07) is 9.24. The van der Waals surface area contributed by atoms with Crippen LogP contribution in [0.2, 0.25) is 0 Å². The van der Waals surface area contributed by atoms with Crippen LogP contribution in [0.5, 0.6) is 0 Å². The monoisotopic (exact) mass is 476 g/mol. The van der Waals surface area contributed by atoms with Crippen LogP contribution in [0.1, 0.15) is 24.0 Å². The minimum Gasteiger partial charge on any atom is -0.378 e. The Kier molecular flexibility index (Phi) is 6.97. The number of hydrogen-bond acceptors (Lipinski definition) is 9. The number of ether oxygens (including phenoxy) is 1. The lowest BCUT2D eigenvalue weighted by molar-refractivity contribution is 0.122. The molecule has 2 aromatic heterocycles. The summed E-state index contributed by atoms with van der Waals surface area (Å²) in [6.45, 7) is 7.73. The van der Waals surface area contributed by atoms with Crippen LogP contribution in [0.15, 0.2) is 30.6 Å². The van der Waals surface area contributed by atoms with Crippen molar-refractivity contribution in [1.29, 1.82) is 0 Å². The van der Waals surface area contributed by atoms with Crippen molar-refractivity contribution >= 4 is 28.6 Å². The zero-order valence-corrected chi connectivity index (χ0v) is 21.3. The van der Waals surface area contributed by atoms with Gasteiger partial charge in [0.05, 0.1) is 13.2 Å². The molecule has 0 bridgehead atoms. The lowest BCUT2D eigenvalue weighted by atomic mass is 10.0. The lowest BCUT2D eigenvalue weighted by Gasteiger charge is -2.36. The van der Waals surface area contributed by atoms with Crippen molar-refractivity contribution in [3.05, 3.63) is 41.7 Å². The molecule has 2 fully saturated rings. The molecule has 4 heterocycles. The summed E-state index contributed by atoms with van der Waals surface area (Å²) < 4.78 is 5.61. The van der Waals surface area contributed by atoms with Gasteiger partial charge in [0.1, 0.15) is 17.4 Å². The fourth-order valence-corrected chi connectivity index (χ4v) is 4.95. The summed E-state index contributed by atoms with van der Waals surface area (Å²) in [5, 5.41) is 0. The molecule has 9 nitrogen and oxygen atoms in total. The second-order valence-electron chi connectivity index (χ2n) is 9.86. The standard InChI is InChI=1S/C26H36N8O/c1-19-5-7-20(8-6-19)17-32(4)24-23-22(27-18-28-24)25(33-13-15-35-16-14-33)30-26(29-23)34-11-9-21(10-12-34)31(2)3/h5-8,18,21H,9-17H2,1-4H3. The molecule has 0 atom stereocenters. The molecular weight excluding hydrogens is 440 g/mol. The predicted molar refractivity (Wildman–Crippen MR) is 140 cm³/mol. The van der Waals surface area contributed by atoms with Crippen LogP contribution < -0.4 is 14.7 Å². The Morgan fingerprint density at radius 2 is 1.60 bits per heavy atom. The number of nitrogens with zero attached hydrogens (tertiary/aromatic N) is 8. The van der Waals surface area contributed by atoms with Gasteiger partial charge in [0, 0.05) is 45.8 Å². The van der Waals surface area contributed by atoms with Crippen LogP contribution in [0, 0.1) is 6.92 Å². The van der Waals surface area contributed by atoms with Gasteiger partial charge in [-0.3, -0.25) is 0 Å². The highest BCUT2D eigenvalue weighted by Gasteiger charge is 2.26. The predicted octanol–water partition coefficient (Wildman–Crippen LogP) is 2.73. The number of rotatable bonds is 6. The van der Waals surface area contributed by atoms with Gasteiger partial charge in [-0.15, -0.1) is 0 Å². The van der Waals surface area contributed by atoms with Gasteiger partial charge in [-0.25, -0.2) is 15.0 Å². The molecule has 2 aliphatic rings. The van der Waals surface area contributed by atoms with Gasteiger partial charge in [0.2, 0.25) is 5.95 Å².